The van der Waals surface area contributed by atoms with Gasteiger partial charge in [0.15, 0.2) is 0 Å². The van der Waals surface area contributed by atoms with Crippen LogP contribution in [0.15, 0.2) is 65.4 Å². The molecule has 0 spiro atoms. The minimum absolute atomic E-state index is 0.110. The molecule has 2 aromatic heterocycles. The van der Waals surface area contributed by atoms with Gasteiger partial charge in [-0.3, -0.25) is 14.2 Å². The molecule has 0 aliphatic carbocycles. The van der Waals surface area contributed by atoms with Gasteiger partial charge in [0.1, 0.15) is 5.82 Å². The Morgan fingerprint density at radius 2 is 1.84 bits per heavy atom. The standard InChI is InChI=1S/C22H18F2N4O2S/c23-22(24)28-18-4-2-1-3-17(18)27-20(28)14-5-7-16(8-6-14)26-19(29)9-11-25-21(30)15-10-12-31-13-15/h1-8,10,12-13,22H,9,11H2,(H,25,30)(H,26,29). The second-order valence-corrected chi connectivity index (χ2v) is 7.50. The molecule has 2 aromatic carbocycles. The Balaban J connectivity index is 1.39. The van der Waals surface area contributed by atoms with Crippen LogP contribution in [-0.2, 0) is 4.79 Å². The van der Waals surface area contributed by atoms with Gasteiger partial charge in [0.2, 0.25) is 5.91 Å². The summed E-state index contributed by atoms with van der Waals surface area (Å²) in [6.07, 6.45) is 0.110. The Hall–Kier alpha value is -3.59. The first-order valence-electron chi connectivity index (χ1n) is 9.49. The smallest absolute Gasteiger partial charge is 0.320 e. The maximum atomic E-state index is 13.6. The number of nitrogens with one attached hydrogen (secondary N) is 2. The third kappa shape index (κ3) is 4.61. The highest BCUT2D eigenvalue weighted by Gasteiger charge is 2.18. The van der Waals surface area contributed by atoms with Crippen LogP contribution >= 0.6 is 11.3 Å². The van der Waals surface area contributed by atoms with Gasteiger partial charge in [0.25, 0.3) is 5.91 Å². The Morgan fingerprint density at radius 3 is 2.55 bits per heavy atom. The van der Waals surface area contributed by atoms with Crippen LogP contribution in [0, 0.1) is 0 Å². The van der Waals surface area contributed by atoms with E-state index in [1.54, 1.807) is 60.0 Å². The summed E-state index contributed by atoms with van der Waals surface area (Å²) in [4.78, 5) is 28.3. The molecule has 4 rings (SSSR count). The lowest BCUT2D eigenvalue weighted by Gasteiger charge is -2.09. The first kappa shape index (κ1) is 20.7. The molecule has 0 fully saturated rings. The topological polar surface area (TPSA) is 76.0 Å². The van der Waals surface area contributed by atoms with Crippen molar-refractivity contribution in [3.8, 4) is 11.4 Å². The van der Waals surface area contributed by atoms with E-state index in [1.807, 2.05) is 5.38 Å². The number of rotatable bonds is 7. The zero-order chi connectivity index (χ0) is 21.8. The lowest BCUT2D eigenvalue weighted by atomic mass is 10.2. The molecule has 0 atom stereocenters. The van der Waals surface area contributed by atoms with Crippen molar-refractivity contribution in [3.63, 3.8) is 0 Å². The van der Waals surface area contributed by atoms with Gasteiger partial charge < -0.3 is 10.6 Å². The molecule has 0 aliphatic rings. The molecular weight excluding hydrogens is 422 g/mol. The number of imidazole rings is 1. The second kappa shape index (κ2) is 9.05. The van der Waals surface area contributed by atoms with E-state index in [1.165, 1.54) is 11.3 Å². The number of carbonyl (C=O) groups excluding carboxylic acids is 2. The fourth-order valence-corrected chi connectivity index (χ4v) is 3.79. The van der Waals surface area contributed by atoms with E-state index in [0.29, 0.717) is 27.8 Å². The van der Waals surface area contributed by atoms with Crippen molar-refractivity contribution >= 4 is 39.9 Å². The Bertz CT molecular complexity index is 1200. The number of anilines is 1. The van der Waals surface area contributed by atoms with Gasteiger partial charge in [-0.2, -0.15) is 20.1 Å². The van der Waals surface area contributed by atoms with Crippen molar-refractivity contribution in [2.45, 2.75) is 13.0 Å². The minimum atomic E-state index is -2.73. The molecule has 0 radical (unpaired) electrons. The molecule has 2 N–H and O–H groups in total. The average Bonchev–Trinajstić information content (AvgIpc) is 3.42. The Kier molecular flexibility index (Phi) is 6.03. The first-order chi connectivity index (χ1) is 15.0. The SMILES string of the molecule is O=C(CCNC(=O)c1ccsc1)Nc1ccc(-c2nc3ccccc3n2C(F)F)cc1. The summed E-state index contributed by atoms with van der Waals surface area (Å²) in [5.41, 5.74) is 2.44. The van der Waals surface area contributed by atoms with Crippen LogP contribution in [0.1, 0.15) is 23.3 Å². The predicted octanol–water partition coefficient (Wildman–Crippen LogP) is 4.92. The van der Waals surface area contributed by atoms with E-state index in [2.05, 4.69) is 15.6 Å². The van der Waals surface area contributed by atoms with Gasteiger partial charge in [0, 0.05) is 35.2 Å². The molecule has 0 aliphatic heterocycles. The Morgan fingerprint density at radius 1 is 1.06 bits per heavy atom. The fraction of sp³-hybridized carbons (Fsp3) is 0.136. The number of carbonyl (C=O) groups is 2. The number of thiophene rings is 1. The second-order valence-electron chi connectivity index (χ2n) is 6.72. The summed E-state index contributed by atoms with van der Waals surface area (Å²) in [5, 5.41) is 8.96. The number of hydrogen-bond donors (Lipinski definition) is 2. The molecular formula is C22H18F2N4O2S. The number of nitrogens with zero attached hydrogens (tertiary/aromatic N) is 2. The number of hydrogen-bond acceptors (Lipinski definition) is 4. The first-order valence-corrected chi connectivity index (χ1v) is 10.4. The fourth-order valence-electron chi connectivity index (χ4n) is 3.16. The van der Waals surface area contributed by atoms with E-state index in [9.17, 15) is 18.4 Å². The van der Waals surface area contributed by atoms with Crippen LogP contribution in [0.3, 0.4) is 0 Å². The predicted molar refractivity (Wildman–Crippen MR) is 116 cm³/mol. The molecule has 158 valence electrons. The summed E-state index contributed by atoms with van der Waals surface area (Å²) in [6, 6.07) is 15.0. The zero-order valence-electron chi connectivity index (χ0n) is 16.2. The summed E-state index contributed by atoms with van der Waals surface area (Å²) < 4.78 is 28.1. The summed E-state index contributed by atoms with van der Waals surface area (Å²) in [6.45, 7) is -2.53. The monoisotopic (exact) mass is 440 g/mol. The number of fused-ring (bicyclic) bond motifs is 1. The molecule has 4 aromatic rings. The maximum Gasteiger partial charge on any atom is 0.320 e. The maximum absolute atomic E-state index is 13.6. The van der Waals surface area contributed by atoms with Gasteiger partial charge in [-0.05, 0) is 47.8 Å². The van der Waals surface area contributed by atoms with E-state index in [0.717, 1.165) is 4.57 Å². The molecule has 0 saturated heterocycles. The highest BCUT2D eigenvalue weighted by atomic mass is 32.1. The molecule has 31 heavy (non-hydrogen) atoms. The third-order valence-electron chi connectivity index (χ3n) is 4.64. The molecule has 6 nitrogen and oxygen atoms in total. The van der Waals surface area contributed by atoms with Gasteiger partial charge in [-0.1, -0.05) is 12.1 Å². The zero-order valence-corrected chi connectivity index (χ0v) is 17.0. The molecule has 2 heterocycles. The van der Waals surface area contributed by atoms with E-state index in [4.69, 9.17) is 0 Å². The molecule has 2 amide bonds. The molecule has 0 bridgehead atoms. The van der Waals surface area contributed by atoms with Crippen molar-refractivity contribution in [2.24, 2.45) is 0 Å². The van der Waals surface area contributed by atoms with Crippen molar-refractivity contribution in [3.05, 3.63) is 70.9 Å². The highest BCUT2D eigenvalue weighted by molar-refractivity contribution is 7.08. The minimum Gasteiger partial charge on any atom is -0.351 e. The number of halogens is 2. The number of amides is 2. The lowest BCUT2D eigenvalue weighted by Crippen LogP contribution is -2.27. The van der Waals surface area contributed by atoms with Crippen LogP contribution in [-0.4, -0.2) is 27.9 Å². The van der Waals surface area contributed by atoms with Gasteiger partial charge in [-0.15, -0.1) is 0 Å². The van der Waals surface area contributed by atoms with E-state index < -0.39 is 6.55 Å². The van der Waals surface area contributed by atoms with E-state index >= 15 is 0 Å². The van der Waals surface area contributed by atoms with Crippen molar-refractivity contribution in [1.82, 2.24) is 14.9 Å². The quantitative estimate of drug-likeness (QED) is 0.428. The largest absolute Gasteiger partial charge is 0.351 e. The van der Waals surface area contributed by atoms with Crippen molar-refractivity contribution in [1.29, 1.82) is 0 Å². The summed E-state index contributed by atoms with van der Waals surface area (Å²) in [7, 11) is 0. The van der Waals surface area contributed by atoms with Crippen LogP contribution < -0.4 is 10.6 Å². The van der Waals surface area contributed by atoms with Crippen molar-refractivity contribution < 1.29 is 18.4 Å². The molecule has 0 unspecified atom stereocenters. The molecule has 0 saturated carbocycles. The van der Waals surface area contributed by atoms with E-state index in [-0.39, 0.29) is 30.6 Å². The normalized spacial score (nSPS) is 11.1. The Labute approximate surface area is 180 Å². The lowest BCUT2D eigenvalue weighted by molar-refractivity contribution is -0.116. The number of benzene rings is 2. The van der Waals surface area contributed by atoms with Crippen LogP contribution in [0.2, 0.25) is 0 Å². The average molecular weight is 440 g/mol. The third-order valence-corrected chi connectivity index (χ3v) is 5.32. The number of para-hydroxylation sites is 2. The summed E-state index contributed by atoms with van der Waals surface area (Å²) in [5.74, 6) is -0.330. The summed E-state index contributed by atoms with van der Waals surface area (Å²) >= 11 is 1.42. The van der Waals surface area contributed by atoms with Crippen LogP contribution in [0.25, 0.3) is 22.4 Å². The number of aromatic nitrogens is 2. The highest BCUT2D eigenvalue weighted by Crippen LogP contribution is 2.30. The van der Waals surface area contributed by atoms with Crippen LogP contribution in [0.5, 0.6) is 0 Å². The molecule has 9 heteroatoms. The number of alkyl halides is 2. The van der Waals surface area contributed by atoms with Crippen LogP contribution in [0.4, 0.5) is 14.5 Å². The van der Waals surface area contributed by atoms with Gasteiger partial charge in [-0.25, -0.2) is 4.98 Å². The van der Waals surface area contributed by atoms with Gasteiger partial charge >= 0.3 is 6.55 Å². The van der Waals surface area contributed by atoms with Crippen molar-refractivity contribution in [2.75, 3.05) is 11.9 Å². The van der Waals surface area contributed by atoms with Gasteiger partial charge in [0.05, 0.1) is 11.0 Å².